The van der Waals surface area contributed by atoms with Gasteiger partial charge in [-0.15, -0.1) is 0 Å². The first-order valence-corrected chi connectivity index (χ1v) is 6.67. The van der Waals surface area contributed by atoms with Gasteiger partial charge in [-0.05, 0) is 44.3 Å². The third-order valence-corrected chi connectivity index (χ3v) is 3.39. The van der Waals surface area contributed by atoms with Crippen LogP contribution in [0.4, 0.5) is 5.69 Å². The van der Waals surface area contributed by atoms with Gasteiger partial charge in [0.05, 0.1) is 10.7 Å². The van der Waals surface area contributed by atoms with Gasteiger partial charge in [0, 0.05) is 17.6 Å². The van der Waals surface area contributed by atoms with Crippen LogP contribution in [0.5, 0.6) is 0 Å². The molecule has 1 aromatic rings. The van der Waals surface area contributed by atoms with Crippen LogP contribution in [0.2, 0.25) is 5.02 Å². The van der Waals surface area contributed by atoms with Crippen LogP contribution in [0.1, 0.15) is 13.8 Å². The van der Waals surface area contributed by atoms with Crippen LogP contribution in [-0.4, -0.2) is 23.1 Å². The van der Waals surface area contributed by atoms with E-state index in [0.717, 1.165) is 23.2 Å². The first-order valence-electron chi connectivity index (χ1n) is 5.09. The molecule has 0 bridgehead atoms. The lowest BCUT2D eigenvalue weighted by Crippen LogP contribution is -2.34. The summed E-state index contributed by atoms with van der Waals surface area (Å²) in [6, 6.07) is 5.68. The van der Waals surface area contributed by atoms with E-state index in [1.54, 1.807) is 0 Å². The zero-order chi connectivity index (χ0) is 12.1. The molecule has 0 unspecified atom stereocenters. The van der Waals surface area contributed by atoms with Gasteiger partial charge >= 0.3 is 0 Å². The van der Waals surface area contributed by atoms with Gasteiger partial charge in [0.15, 0.2) is 5.11 Å². The summed E-state index contributed by atoms with van der Waals surface area (Å²) in [4.78, 5) is 2.06. The number of halogens is 2. The van der Waals surface area contributed by atoms with Crippen molar-refractivity contribution in [2.45, 2.75) is 13.8 Å². The molecule has 2 nitrogen and oxygen atoms in total. The molecule has 0 aliphatic carbocycles. The summed E-state index contributed by atoms with van der Waals surface area (Å²) in [6.45, 7) is 5.91. The standard InChI is InChI=1S/C11H14BrClN2S/c1-3-15(4-2)11(16)14-10-6-5-8(12)7-9(10)13/h5-7H,3-4H2,1-2H3,(H,14,16). The number of hydrogen-bond donors (Lipinski definition) is 1. The molecule has 0 spiro atoms. The SMILES string of the molecule is CCN(CC)C(=S)Nc1ccc(Br)cc1Cl. The molecule has 1 rings (SSSR count). The van der Waals surface area contributed by atoms with Crippen LogP contribution in [-0.2, 0) is 0 Å². The van der Waals surface area contributed by atoms with Gasteiger partial charge in [-0.2, -0.15) is 0 Å². The molecule has 0 saturated heterocycles. The molecular formula is C11H14BrClN2S. The fourth-order valence-corrected chi connectivity index (χ4v) is 2.38. The highest BCUT2D eigenvalue weighted by Crippen LogP contribution is 2.25. The van der Waals surface area contributed by atoms with E-state index in [1.807, 2.05) is 18.2 Å². The van der Waals surface area contributed by atoms with Crippen molar-refractivity contribution >= 4 is 50.5 Å². The normalized spacial score (nSPS) is 10.0. The average Bonchev–Trinajstić information content (AvgIpc) is 2.24. The molecule has 0 aliphatic heterocycles. The number of hydrogen-bond acceptors (Lipinski definition) is 1. The third-order valence-electron chi connectivity index (χ3n) is 2.22. The van der Waals surface area contributed by atoms with Crippen LogP contribution in [0.3, 0.4) is 0 Å². The zero-order valence-corrected chi connectivity index (χ0v) is 12.4. The van der Waals surface area contributed by atoms with Crippen molar-refractivity contribution < 1.29 is 0 Å². The predicted molar refractivity (Wildman–Crippen MR) is 78.3 cm³/mol. The maximum atomic E-state index is 6.09. The molecule has 0 aliphatic rings. The van der Waals surface area contributed by atoms with Crippen LogP contribution in [0.25, 0.3) is 0 Å². The molecule has 1 aromatic carbocycles. The lowest BCUT2D eigenvalue weighted by Gasteiger charge is -2.22. The van der Waals surface area contributed by atoms with E-state index in [0.29, 0.717) is 10.1 Å². The molecule has 88 valence electrons. The minimum Gasteiger partial charge on any atom is -0.350 e. The van der Waals surface area contributed by atoms with Crippen molar-refractivity contribution in [3.8, 4) is 0 Å². The summed E-state index contributed by atoms with van der Waals surface area (Å²) in [6.07, 6.45) is 0. The highest BCUT2D eigenvalue weighted by atomic mass is 79.9. The summed E-state index contributed by atoms with van der Waals surface area (Å²) < 4.78 is 0.955. The smallest absolute Gasteiger partial charge is 0.173 e. The summed E-state index contributed by atoms with van der Waals surface area (Å²) >= 11 is 14.8. The highest BCUT2D eigenvalue weighted by Gasteiger charge is 2.07. The topological polar surface area (TPSA) is 15.3 Å². The number of benzene rings is 1. The van der Waals surface area contributed by atoms with Gasteiger partial charge in [0.1, 0.15) is 0 Å². The second-order valence-corrected chi connectivity index (χ2v) is 4.94. The molecule has 1 N–H and O–H groups in total. The third kappa shape index (κ3) is 3.61. The lowest BCUT2D eigenvalue weighted by atomic mass is 10.3. The van der Waals surface area contributed by atoms with Crippen molar-refractivity contribution in [3.05, 3.63) is 27.7 Å². The van der Waals surface area contributed by atoms with Crippen LogP contribution in [0.15, 0.2) is 22.7 Å². The summed E-state index contributed by atoms with van der Waals surface area (Å²) in [5.41, 5.74) is 0.835. The fraction of sp³-hybridized carbons (Fsp3) is 0.364. The second kappa shape index (κ2) is 6.42. The number of nitrogens with zero attached hydrogens (tertiary/aromatic N) is 1. The Morgan fingerprint density at radius 2 is 2.06 bits per heavy atom. The van der Waals surface area contributed by atoms with E-state index in [9.17, 15) is 0 Å². The van der Waals surface area contributed by atoms with E-state index in [-0.39, 0.29) is 0 Å². The van der Waals surface area contributed by atoms with E-state index in [2.05, 4.69) is 40.0 Å². The molecule has 16 heavy (non-hydrogen) atoms. The monoisotopic (exact) mass is 320 g/mol. The summed E-state index contributed by atoms with van der Waals surface area (Å²) in [7, 11) is 0. The van der Waals surface area contributed by atoms with Crippen LogP contribution in [0, 0.1) is 0 Å². The van der Waals surface area contributed by atoms with Gasteiger partial charge in [-0.3, -0.25) is 0 Å². The minimum absolute atomic E-state index is 0.656. The van der Waals surface area contributed by atoms with Crippen LogP contribution < -0.4 is 5.32 Å². The van der Waals surface area contributed by atoms with E-state index in [1.165, 1.54) is 0 Å². The molecule has 0 heterocycles. The molecule has 0 amide bonds. The van der Waals surface area contributed by atoms with Crippen molar-refractivity contribution in [1.82, 2.24) is 4.90 Å². The Morgan fingerprint density at radius 3 is 2.56 bits per heavy atom. The lowest BCUT2D eigenvalue weighted by molar-refractivity contribution is 0.473. The van der Waals surface area contributed by atoms with Crippen LogP contribution >= 0.6 is 39.7 Å². The molecule has 5 heteroatoms. The first-order chi connectivity index (χ1) is 7.58. The van der Waals surface area contributed by atoms with E-state index in [4.69, 9.17) is 23.8 Å². The maximum absolute atomic E-state index is 6.09. The Morgan fingerprint density at radius 1 is 1.44 bits per heavy atom. The Labute approximate surface area is 115 Å². The van der Waals surface area contributed by atoms with Gasteiger partial charge < -0.3 is 10.2 Å². The second-order valence-electron chi connectivity index (χ2n) is 3.23. The quantitative estimate of drug-likeness (QED) is 0.842. The summed E-state index contributed by atoms with van der Waals surface area (Å²) in [5, 5.41) is 4.50. The van der Waals surface area contributed by atoms with Crippen molar-refractivity contribution in [3.63, 3.8) is 0 Å². The van der Waals surface area contributed by atoms with Crippen molar-refractivity contribution in [2.24, 2.45) is 0 Å². The largest absolute Gasteiger partial charge is 0.350 e. The van der Waals surface area contributed by atoms with Gasteiger partial charge in [-0.1, -0.05) is 27.5 Å². The molecule has 0 saturated carbocycles. The first kappa shape index (κ1) is 13.7. The Hall–Kier alpha value is -0.320. The van der Waals surface area contributed by atoms with Gasteiger partial charge in [0.25, 0.3) is 0 Å². The van der Waals surface area contributed by atoms with Gasteiger partial charge in [-0.25, -0.2) is 0 Å². The van der Waals surface area contributed by atoms with E-state index >= 15 is 0 Å². The highest BCUT2D eigenvalue weighted by molar-refractivity contribution is 9.10. The Kier molecular flexibility index (Phi) is 5.52. The number of anilines is 1. The summed E-state index contributed by atoms with van der Waals surface area (Å²) in [5.74, 6) is 0. The maximum Gasteiger partial charge on any atom is 0.173 e. The number of nitrogens with one attached hydrogen (secondary N) is 1. The van der Waals surface area contributed by atoms with Crippen molar-refractivity contribution in [1.29, 1.82) is 0 Å². The molecule has 0 fully saturated rings. The molecule has 0 radical (unpaired) electrons. The average molecular weight is 322 g/mol. The number of rotatable bonds is 3. The molecule has 0 atom stereocenters. The predicted octanol–water partition coefficient (Wildman–Crippen LogP) is 4.14. The Balaban J connectivity index is 2.76. The number of thiocarbonyl (C=S) groups is 1. The molecule has 0 aromatic heterocycles. The van der Waals surface area contributed by atoms with Crippen molar-refractivity contribution in [2.75, 3.05) is 18.4 Å². The minimum atomic E-state index is 0.656. The fourth-order valence-electron chi connectivity index (χ4n) is 1.30. The zero-order valence-electron chi connectivity index (χ0n) is 9.26. The molecular weight excluding hydrogens is 308 g/mol. The van der Waals surface area contributed by atoms with Gasteiger partial charge in [0.2, 0.25) is 0 Å². The van der Waals surface area contributed by atoms with E-state index < -0.39 is 0 Å². The Bertz CT molecular complexity index is 380.